The van der Waals surface area contributed by atoms with Crippen molar-refractivity contribution < 1.29 is 4.79 Å². The lowest BCUT2D eigenvalue weighted by atomic mass is 9.78. The Hall–Kier alpha value is -0.370. The van der Waals surface area contributed by atoms with Crippen LogP contribution in [0.2, 0.25) is 0 Å². The Bertz CT molecular complexity index is 289. The molecule has 0 heterocycles. The first-order valence-corrected chi connectivity index (χ1v) is 7.91. The van der Waals surface area contributed by atoms with Crippen molar-refractivity contribution in [1.29, 1.82) is 0 Å². The van der Waals surface area contributed by atoms with E-state index in [1.54, 1.807) is 0 Å². The second-order valence-electron chi connectivity index (χ2n) is 8.30. The van der Waals surface area contributed by atoms with Crippen LogP contribution in [0.4, 0.5) is 0 Å². The van der Waals surface area contributed by atoms with Crippen LogP contribution in [0.5, 0.6) is 0 Å². The number of rotatable bonds is 4. The van der Waals surface area contributed by atoms with Crippen molar-refractivity contribution in [3.63, 3.8) is 0 Å². The molecule has 1 atom stereocenters. The van der Waals surface area contributed by atoms with Gasteiger partial charge in [0.1, 0.15) is 0 Å². The zero-order chi connectivity index (χ0) is 14.7. The number of hydrogen-bond donors (Lipinski definition) is 1. The lowest BCUT2D eigenvalue weighted by Gasteiger charge is -2.34. The van der Waals surface area contributed by atoms with Gasteiger partial charge in [-0.2, -0.15) is 0 Å². The summed E-state index contributed by atoms with van der Waals surface area (Å²) in [6.45, 7) is 12.6. The SMILES string of the molecule is CC(C)(C)N[C@H](CC1CCCCC1)C(=O)C(C)(C)C. The van der Waals surface area contributed by atoms with Gasteiger partial charge in [0.15, 0.2) is 5.78 Å². The van der Waals surface area contributed by atoms with Crippen LogP contribution < -0.4 is 5.32 Å². The predicted octanol–water partition coefficient (Wildman–Crippen LogP) is 4.33. The largest absolute Gasteiger partial charge is 0.303 e. The molecule has 0 unspecified atom stereocenters. The number of ketones is 1. The Morgan fingerprint density at radius 1 is 1.05 bits per heavy atom. The molecule has 2 heteroatoms. The highest BCUT2D eigenvalue weighted by atomic mass is 16.1. The van der Waals surface area contributed by atoms with Crippen LogP contribution in [-0.4, -0.2) is 17.4 Å². The predicted molar refractivity (Wildman–Crippen MR) is 82.3 cm³/mol. The lowest BCUT2D eigenvalue weighted by Crippen LogP contribution is -2.51. The summed E-state index contributed by atoms with van der Waals surface area (Å²) in [4.78, 5) is 12.7. The normalized spacial score (nSPS) is 20.3. The Morgan fingerprint density at radius 3 is 2.00 bits per heavy atom. The molecule has 1 saturated carbocycles. The van der Waals surface area contributed by atoms with Crippen molar-refractivity contribution >= 4 is 5.78 Å². The summed E-state index contributed by atoms with van der Waals surface area (Å²) in [7, 11) is 0. The van der Waals surface area contributed by atoms with Gasteiger partial charge in [-0.15, -0.1) is 0 Å². The van der Waals surface area contributed by atoms with E-state index < -0.39 is 0 Å². The third-order valence-corrected chi connectivity index (χ3v) is 3.96. The summed E-state index contributed by atoms with van der Waals surface area (Å²) in [5, 5.41) is 3.56. The molecule has 1 N–H and O–H groups in total. The smallest absolute Gasteiger partial charge is 0.155 e. The van der Waals surface area contributed by atoms with Crippen molar-refractivity contribution in [2.75, 3.05) is 0 Å². The zero-order valence-electron chi connectivity index (χ0n) is 13.8. The van der Waals surface area contributed by atoms with E-state index in [1.165, 1.54) is 32.1 Å². The van der Waals surface area contributed by atoms with E-state index in [0.29, 0.717) is 5.78 Å². The van der Waals surface area contributed by atoms with E-state index in [1.807, 2.05) is 20.8 Å². The lowest BCUT2D eigenvalue weighted by molar-refractivity contribution is -0.129. The van der Waals surface area contributed by atoms with Crippen LogP contribution in [0.25, 0.3) is 0 Å². The molecule has 0 saturated heterocycles. The Kier molecular flexibility index (Phi) is 5.61. The molecule has 0 spiro atoms. The van der Waals surface area contributed by atoms with Crippen LogP contribution in [0.15, 0.2) is 0 Å². The van der Waals surface area contributed by atoms with Gasteiger partial charge in [-0.05, 0) is 33.1 Å². The highest BCUT2D eigenvalue weighted by Crippen LogP contribution is 2.30. The molecule has 0 aromatic carbocycles. The number of carbonyl (C=O) groups excluding carboxylic acids is 1. The summed E-state index contributed by atoms with van der Waals surface area (Å²) >= 11 is 0. The summed E-state index contributed by atoms with van der Waals surface area (Å²) in [5.74, 6) is 1.10. The van der Waals surface area contributed by atoms with Gasteiger partial charge in [-0.1, -0.05) is 52.9 Å². The summed E-state index contributed by atoms with van der Waals surface area (Å²) in [6, 6.07) is 0.0168. The van der Waals surface area contributed by atoms with Crippen molar-refractivity contribution in [1.82, 2.24) is 5.32 Å². The summed E-state index contributed by atoms with van der Waals surface area (Å²) in [5.41, 5.74) is -0.252. The highest BCUT2D eigenvalue weighted by Gasteiger charge is 2.33. The second-order valence-corrected chi connectivity index (χ2v) is 8.30. The topological polar surface area (TPSA) is 29.1 Å². The fourth-order valence-electron chi connectivity index (χ4n) is 3.03. The van der Waals surface area contributed by atoms with Crippen LogP contribution in [0, 0.1) is 11.3 Å². The number of carbonyl (C=O) groups is 1. The molecule has 1 aliphatic carbocycles. The molecule has 0 aromatic heterocycles. The molecule has 0 radical (unpaired) electrons. The Labute approximate surface area is 119 Å². The second kappa shape index (κ2) is 6.39. The quantitative estimate of drug-likeness (QED) is 0.821. The van der Waals surface area contributed by atoms with Gasteiger partial charge in [0, 0.05) is 11.0 Å². The van der Waals surface area contributed by atoms with E-state index in [0.717, 1.165) is 12.3 Å². The molecule has 0 bridgehead atoms. The van der Waals surface area contributed by atoms with Crippen LogP contribution in [-0.2, 0) is 4.79 Å². The van der Waals surface area contributed by atoms with E-state index in [2.05, 4.69) is 26.1 Å². The molecular weight excluding hydrogens is 234 g/mol. The molecule has 2 nitrogen and oxygen atoms in total. The van der Waals surface area contributed by atoms with E-state index in [9.17, 15) is 4.79 Å². The van der Waals surface area contributed by atoms with Gasteiger partial charge in [-0.25, -0.2) is 0 Å². The minimum Gasteiger partial charge on any atom is -0.303 e. The van der Waals surface area contributed by atoms with Gasteiger partial charge < -0.3 is 5.32 Å². The molecule has 0 aliphatic heterocycles. The van der Waals surface area contributed by atoms with Gasteiger partial charge in [-0.3, -0.25) is 4.79 Å². The number of hydrogen-bond acceptors (Lipinski definition) is 2. The third-order valence-electron chi connectivity index (χ3n) is 3.96. The van der Waals surface area contributed by atoms with Gasteiger partial charge >= 0.3 is 0 Å². The molecule has 19 heavy (non-hydrogen) atoms. The monoisotopic (exact) mass is 267 g/mol. The minimum absolute atomic E-state index is 0.000242. The zero-order valence-corrected chi connectivity index (χ0v) is 13.8. The van der Waals surface area contributed by atoms with Crippen molar-refractivity contribution in [2.45, 2.75) is 91.6 Å². The average molecular weight is 267 g/mol. The van der Waals surface area contributed by atoms with E-state index in [4.69, 9.17) is 0 Å². The molecule has 0 amide bonds. The Morgan fingerprint density at radius 2 is 1.58 bits per heavy atom. The van der Waals surface area contributed by atoms with E-state index >= 15 is 0 Å². The minimum atomic E-state index is -0.252. The maximum Gasteiger partial charge on any atom is 0.155 e. The van der Waals surface area contributed by atoms with Gasteiger partial charge in [0.05, 0.1) is 6.04 Å². The van der Waals surface area contributed by atoms with Crippen molar-refractivity contribution in [3.05, 3.63) is 0 Å². The maximum atomic E-state index is 12.7. The van der Waals surface area contributed by atoms with E-state index in [-0.39, 0.29) is 17.0 Å². The molecule has 1 aliphatic rings. The molecule has 1 rings (SSSR count). The fourth-order valence-corrected chi connectivity index (χ4v) is 3.03. The molecule has 0 aromatic rings. The molecular formula is C17H33NO. The number of nitrogens with one attached hydrogen (secondary N) is 1. The van der Waals surface area contributed by atoms with Gasteiger partial charge in [0.2, 0.25) is 0 Å². The van der Waals surface area contributed by atoms with Crippen molar-refractivity contribution in [2.24, 2.45) is 11.3 Å². The first-order valence-electron chi connectivity index (χ1n) is 7.91. The van der Waals surface area contributed by atoms with Crippen LogP contribution >= 0.6 is 0 Å². The summed E-state index contributed by atoms with van der Waals surface area (Å²) in [6.07, 6.45) is 7.70. The fraction of sp³-hybridized carbons (Fsp3) is 0.941. The highest BCUT2D eigenvalue weighted by molar-refractivity contribution is 5.88. The Balaban J connectivity index is 2.71. The average Bonchev–Trinajstić information content (AvgIpc) is 2.25. The van der Waals surface area contributed by atoms with Gasteiger partial charge in [0.25, 0.3) is 0 Å². The van der Waals surface area contributed by atoms with Crippen LogP contribution in [0.3, 0.4) is 0 Å². The van der Waals surface area contributed by atoms with Crippen LogP contribution in [0.1, 0.15) is 80.1 Å². The standard InChI is InChI=1S/C17H33NO/c1-16(2,3)15(19)14(18-17(4,5)6)12-13-10-8-7-9-11-13/h13-14,18H,7-12H2,1-6H3/t14-/m1/s1. The van der Waals surface area contributed by atoms with Crippen molar-refractivity contribution in [3.8, 4) is 0 Å². The summed E-state index contributed by atoms with van der Waals surface area (Å²) < 4.78 is 0. The third kappa shape index (κ3) is 6.07. The maximum absolute atomic E-state index is 12.7. The molecule has 1 fully saturated rings. The first kappa shape index (κ1) is 16.7. The molecule has 112 valence electrons. The first-order chi connectivity index (χ1) is 8.59. The number of Topliss-reactive ketones (excluding diaryl/α,β-unsaturated/α-hetero) is 1.